The summed E-state index contributed by atoms with van der Waals surface area (Å²) >= 11 is 0. The van der Waals surface area contributed by atoms with Crippen LogP contribution in [0.25, 0.3) is 0 Å². The van der Waals surface area contributed by atoms with Crippen molar-refractivity contribution in [1.82, 2.24) is 15.5 Å². The number of carboxylic acid groups (broad SMARTS) is 1. The highest BCUT2D eigenvalue weighted by Gasteiger charge is 2.69. The van der Waals surface area contributed by atoms with Crippen molar-refractivity contribution in [2.75, 3.05) is 6.54 Å². The molecule has 1 saturated heterocycles. The topological polar surface area (TPSA) is 142 Å². The van der Waals surface area contributed by atoms with Crippen molar-refractivity contribution in [1.29, 1.82) is 0 Å². The SMILES string of the molecule is CCCC(NC(=O)[C@@H]1[C@@H]2[C@H](CN1C(=O)[C@@H](NC(=O)OC(C)(C)C)C1CCCCC1)C2(C)C)C(=O)C(=O)O. The molecule has 208 valence electrons. The molecule has 10 heteroatoms. The number of hydrogen-bond acceptors (Lipinski definition) is 6. The second-order valence-electron chi connectivity index (χ2n) is 12.4. The van der Waals surface area contributed by atoms with E-state index in [1.165, 1.54) is 0 Å². The third-order valence-corrected chi connectivity index (χ3v) is 8.24. The Balaban J connectivity index is 1.85. The van der Waals surface area contributed by atoms with Crippen molar-refractivity contribution >= 4 is 29.7 Å². The van der Waals surface area contributed by atoms with Gasteiger partial charge in [-0.15, -0.1) is 0 Å². The van der Waals surface area contributed by atoms with Crippen LogP contribution < -0.4 is 10.6 Å². The number of piperidine rings is 1. The summed E-state index contributed by atoms with van der Waals surface area (Å²) in [5.41, 5.74) is -0.883. The van der Waals surface area contributed by atoms with Gasteiger partial charge in [0.15, 0.2) is 0 Å². The number of ketones is 1. The summed E-state index contributed by atoms with van der Waals surface area (Å²) in [4.78, 5) is 65.3. The Hall–Kier alpha value is -2.65. The zero-order chi connectivity index (χ0) is 27.7. The van der Waals surface area contributed by atoms with Crippen LogP contribution in [0.5, 0.6) is 0 Å². The molecule has 5 atom stereocenters. The van der Waals surface area contributed by atoms with Crippen LogP contribution in [0.15, 0.2) is 0 Å². The van der Waals surface area contributed by atoms with E-state index >= 15 is 0 Å². The Morgan fingerprint density at radius 2 is 1.68 bits per heavy atom. The predicted octanol–water partition coefficient (Wildman–Crippen LogP) is 2.88. The fraction of sp³-hybridized carbons (Fsp3) is 0.815. The number of nitrogens with one attached hydrogen (secondary N) is 2. The number of aliphatic carboxylic acids is 1. The molecule has 0 radical (unpaired) electrons. The molecule has 3 N–H and O–H groups in total. The minimum atomic E-state index is -1.60. The third kappa shape index (κ3) is 6.44. The molecule has 2 aliphatic carbocycles. The number of nitrogens with zero attached hydrogens (tertiary/aromatic N) is 1. The number of alkyl carbamates (subject to hydrolysis) is 1. The second kappa shape index (κ2) is 11.0. The lowest BCUT2D eigenvalue weighted by atomic mass is 9.83. The van der Waals surface area contributed by atoms with Crippen molar-refractivity contribution in [3.05, 3.63) is 0 Å². The van der Waals surface area contributed by atoms with E-state index in [0.717, 1.165) is 32.1 Å². The average molecular weight is 522 g/mol. The molecule has 1 heterocycles. The Bertz CT molecular complexity index is 919. The van der Waals surface area contributed by atoms with Crippen molar-refractivity contribution < 1.29 is 33.8 Å². The van der Waals surface area contributed by atoms with Crippen LogP contribution in [0.2, 0.25) is 0 Å². The lowest BCUT2D eigenvalue weighted by Crippen LogP contribution is -2.59. The van der Waals surface area contributed by atoms with Gasteiger partial charge in [0.05, 0.1) is 6.04 Å². The Labute approximate surface area is 219 Å². The first kappa shape index (κ1) is 28.9. The highest BCUT2D eigenvalue weighted by Crippen LogP contribution is 2.65. The molecule has 3 aliphatic rings. The van der Waals surface area contributed by atoms with Gasteiger partial charge in [0, 0.05) is 6.54 Å². The molecule has 0 aromatic heterocycles. The first-order valence-corrected chi connectivity index (χ1v) is 13.6. The summed E-state index contributed by atoms with van der Waals surface area (Å²) in [5, 5.41) is 14.6. The van der Waals surface area contributed by atoms with Gasteiger partial charge < -0.3 is 25.4 Å². The normalized spacial score (nSPS) is 26.4. The summed E-state index contributed by atoms with van der Waals surface area (Å²) in [6, 6.07) is -2.81. The average Bonchev–Trinajstić information content (AvgIpc) is 3.14. The maximum absolute atomic E-state index is 14.0. The van der Waals surface area contributed by atoms with Gasteiger partial charge in [0.1, 0.15) is 17.7 Å². The third-order valence-electron chi connectivity index (χ3n) is 8.24. The molecule has 10 nitrogen and oxygen atoms in total. The smallest absolute Gasteiger partial charge is 0.408 e. The number of carboxylic acids is 1. The van der Waals surface area contributed by atoms with Crippen molar-refractivity contribution in [2.24, 2.45) is 23.2 Å². The van der Waals surface area contributed by atoms with Gasteiger partial charge >= 0.3 is 12.1 Å². The Kier molecular flexibility index (Phi) is 8.59. The largest absolute Gasteiger partial charge is 0.475 e. The molecule has 0 bridgehead atoms. The maximum Gasteiger partial charge on any atom is 0.408 e. The molecule has 1 aliphatic heterocycles. The molecule has 1 unspecified atom stereocenters. The van der Waals surface area contributed by atoms with Crippen LogP contribution in [-0.2, 0) is 23.9 Å². The van der Waals surface area contributed by atoms with E-state index in [4.69, 9.17) is 4.74 Å². The quantitative estimate of drug-likeness (QED) is 0.396. The number of carbonyl (C=O) groups excluding carboxylic acids is 4. The number of ether oxygens (including phenoxy) is 1. The lowest BCUT2D eigenvalue weighted by molar-refractivity contribution is -0.151. The minimum absolute atomic E-state index is 0.0659. The molecule has 2 saturated carbocycles. The number of rotatable bonds is 9. The summed E-state index contributed by atoms with van der Waals surface area (Å²) in [6.07, 6.45) is 4.62. The number of carbonyl (C=O) groups is 5. The summed E-state index contributed by atoms with van der Waals surface area (Å²) in [5.74, 6) is -3.56. The van der Waals surface area contributed by atoms with Gasteiger partial charge in [-0.2, -0.15) is 0 Å². The van der Waals surface area contributed by atoms with Crippen molar-refractivity contribution in [3.8, 4) is 0 Å². The number of fused-ring (bicyclic) bond motifs is 1. The van der Waals surface area contributed by atoms with E-state index in [1.54, 1.807) is 32.6 Å². The fourth-order valence-electron chi connectivity index (χ4n) is 6.24. The maximum atomic E-state index is 14.0. The van der Waals surface area contributed by atoms with Gasteiger partial charge in [-0.25, -0.2) is 9.59 Å². The van der Waals surface area contributed by atoms with Crippen LogP contribution in [0.3, 0.4) is 0 Å². The van der Waals surface area contributed by atoms with Crippen molar-refractivity contribution in [2.45, 2.75) is 110 Å². The summed E-state index contributed by atoms with van der Waals surface area (Å²) in [7, 11) is 0. The number of Topliss-reactive ketones (excluding diaryl/α,β-unsaturated/α-hetero) is 1. The van der Waals surface area contributed by atoms with E-state index in [1.807, 2.05) is 13.8 Å². The highest BCUT2D eigenvalue weighted by atomic mass is 16.6. The van der Waals surface area contributed by atoms with Crippen LogP contribution in [0.1, 0.15) is 86.5 Å². The molecule has 37 heavy (non-hydrogen) atoms. The van der Waals surface area contributed by atoms with E-state index in [0.29, 0.717) is 13.0 Å². The molecular weight excluding hydrogens is 478 g/mol. The molecular formula is C27H43N3O7. The van der Waals surface area contributed by atoms with Gasteiger partial charge in [0.2, 0.25) is 11.8 Å². The van der Waals surface area contributed by atoms with E-state index < -0.39 is 47.5 Å². The Morgan fingerprint density at radius 1 is 1.05 bits per heavy atom. The zero-order valence-corrected chi connectivity index (χ0v) is 23.0. The standard InChI is InChI=1S/C27H43N3O7/c1-7-11-17(21(31)24(34)35)28-22(32)20-18-16(27(18,5)6)14-30(20)23(33)19(15-12-9-8-10-13-15)29-25(36)37-26(2,3)4/h15-20H,7-14H2,1-6H3,(H,28,32)(H,29,36)(H,34,35)/t16-,17?,18-,19-,20-/m0/s1. The molecule has 0 spiro atoms. The highest BCUT2D eigenvalue weighted by molar-refractivity contribution is 6.35. The summed E-state index contributed by atoms with van der Waals surface area (Å²) in [6.45, 7) is 11.5. The van der Waals surface area contributed by atoms with E-state index in [2.05, 4.69) is 10.6 Å². The first-order valence-electron chi connectivity index (χ1n) is 13.6. The zero-order valence-electron chi connectivity index (χ0n) is 23.0. The number of likely N-dealkylation sites (tertiary alicyclic amines) is 1. The second-order valence-corrected chi connectivity index (χ2v) is 12.4. The lowest BCUT2D eigenvalue weighted by Gasteiger charge is -2.37. The Morgan fingerprint density at radius 3 is 2.22 bits per heavy atom. The number of amides is 3. The van der Waals surface area contributed by atoms with Gasteiger partial charge in [-0.05, 0) is 63.2 Å². The fourth-order valence-corrected chi connectivity index (χ4v) is 6.24. The van der Waals surface area contributed by atoms with Crippen LogP contribution >= 0.6 is 0 Å². The van der Waals surface area contributed by atoms with Gasteiger partial charge in [-0.3, -0.25) is 14.4 Å². The van der Waals surface area contributed by atoms with Crippen molar-refractivity contribution in [3.63, 3.8) is 0 Å². The molecule has 3 rings (SSSR count). The molecule has 0 aromatic rings. The van der Waals surface area contributed by atoms with E-state index in [-0.39, 0.29) is 35.5 Å². The number of hydrogen-bond donors (Lipinski definition) is 3. The van der Waals surface area contributed by atoms with Crippen LogP contribution in [0, 0.1) is 23.2 Å². The minimum Gasteiger partial charge on any atom is -0.475 e. The molecule has 0 aromatic carbocycles. The monoisotopic (exact) mass is 521 g/mol. The molecule has 3 fully saturated rings. The first-order chi connectivity index (χ1) is 17.2. The van der Waals surface area contributed by atoms with Gasteiger partial charge in [0.25, 0.3) is 5.78 Å². The predicted molar refractivity (Wildman–Crippen MR) is 135 cm³/mol. The molecule has 3 amide bonds. The van der Waals surface area contributed by atoms with Crippen LogP contribution in [-0.4, -0.2) is 69.9 Å². The van der Waals surface area contributed by atoms with Gasteiger partial charge in [-0.1, -0.05) is 46.5 Å². The van der Waals surface area contributed by atoms with Crippen LogP contribution in [0.4, 0.5) is 4.79 Å². The summed E-state index contributed by atoms with van der Waals surface area (Å²) < 4.78 is 5.44. The van der Waals surface area contributed by atoms with E-state index in [9.17, 15) is 29.1 Å².